The molecule has 0 aliphatic rings. The van der Waals surface area contributed by atoms with Gasteiger partial charge in [0.1, 0.15) is 0 Å². The van der Waals surface area contributed by atoms with Crippen LogP contribution in [-0.2, 0) is 11.2 Å². The average Bonchev–Trinajstić information content (AvgIpc) is 2.69. The van der Waals surface area contributed by atoms with Gasteiger partial charge in [-0.05, 0) is 37.3 Å². The van der Waals surface area contributed by atoms with E-state index in [4.69, 9.17) is 6.42 Å². The lowest BCUT2D eigenvalue weighted by Gasteiger charge is -2.03. The number of allylic oxidation sites excluding steroid dienone is 2. The number of nitrogens with one attached hydrogen (secondary N) is 1. The van der Waals surface area contributed by atoms with Crippen molar-refractivity contribution in [2.45, 2.75) is 70.6 Å². The van der Waals surface area contributed by atoms with Gasteiger partial charge in [-0.3, -0.25) is 4.79 Å². The number of carbonyl (C=O) groups is 1. The van der Waals surface area contributed by atoms with Gasteiger partial charge in [0, 0.05) is 25.8 Å². The zero-order valence-electron chi connectivity index (χ0n) is 16.5. The van der Waals surface area contributed by atoms with Crippen LogP contribution in [0.2, 0.25) is 0 Å². The quantitative estimate of drug-likeness (QED) is 0.367. The van der Waals surface area contributed by atoms with E-state index in [1.165, 1.54) is 37.7 Å². The fraction of sp³-hybridized carbons (Fsp3) is 0.480. The number of unbranched alkanes of at least 4 members (excludes halogenated alkanes) is 7. The van der Waals surface area contributed by atoms with Crippen molar-refractivity contribution in [3.63, 3.8) is 0 Å². The molecule has 0 spiro atoms. The molecule has 0 saturated carbocycles. The second-order valence-electron chi connectivity index (χ2n) is 6.67. The van der Waals surface area contributed by atoms with Gasteiger partial charge < -0.3 is 5.32 Å². The summed E-state index contributed by atoms with van der Waals surface area (Å²) in [6.07, 6.45) is 20.6. The molecule has 0 unspecified atom stereocenters. The molecule has 0 aliphatic heterocycles. The summed E-state index contributed by atoms with van der Waals surface area (Å²) in [5, 5.41) is 2.96. The summed E-state index contributed by atoms with van der Waals surface area (Å²) in [6.45, 7) is 0.691. The van der Waals surface area contributed by atoms with Crippen molar-refractivity contribution >= 4 is 5.91 Å². The fourth-order valence-electron chi connectivity index (χ4n) is 2.77. The van der Waals surface area contributed by atoms with E-state index < -0.39 is 0 Å². The molecule has 1 aromatic rings. The first-order valence-corrected chi connectivity index (χ1v) is 10.2. The molecule has 0 heterocycles. The summed E-state index contributed by atoms with van der Waals surface area (Å²) in [6, 6.07) is 10.2. The smallest absolute Gasteiger partial charge is 0.220 e. The van der Waals surface area contributed by atoms with E-state index >= 15 is 0 Å². The standard InChI is InChI=1S/C25H33NO/c1-2-3-4-5-6-7-8-9-10-11-12-13-14-18-21-25(27)26-23-22-24-19-16-15-17-20-24/h1,3-4,15-17,19-20H,5-12,18,21-23H2,(H,26,27). The van der Waals surface area contributed by atoms with Crippen LogP contribution in [0.1, 0.15) is 69.8 Å². The SMILES string of the molecule is C#CC=CCCCCCCCCC#CCCC(=O)NCCc1ccccc1. The van der Waals surface area contributed by atoms with E-state index in [0.29, 0.717) is 19.4 Å². The van der Waals surface area contributed by atoms with Crippen LogP contribution < -0.4 is 5.32 Å². The topological polar surface area (TPSA) is 29.1 Å². The molecule has 27 heavy (non-hydrogen) atoms. The molecule has 0 fully saturated rings. The van der Waals surface area contributed by atoms with Crippen molar-refractivity contribution in [2.75, 3.05) is 6.54 Å². The van der Waals surface area contributed by atoms with E-state index in [-0.39, 0.29) is 5.91 Å². The van der Waals surface area contributed by atoms with Gasteiger partial charge in [0.25, 0.3) is 0 Å². The predicted molar refractivity (Wildman–Crippen MR) is 115 cm³/mol. The summed E-state index contributed by atoms with van der Waals surface area (Å²) in [7, 11) is 0. The molecular formula is C25H33NO. The van der Waals surface area contributed by atoms with Crippen LogP contribution >= 0.6 is 0 Å². The molecule has 2 nitrogen and oxygen atoms in total. The maximum absolute atomic E-state index is 11.8. The number of hydrogen-bond donors (Lipinski definition) is 1. The van der Waals surface area contributed by atoms with Gasteiger partial charge in [-0.1, -0.05) is 68.0 Å². The van der Waals surface area contributed by atoms with Crippen LogP contribution in [0.25, 0.3) is 0 Å². The van der Waals surface area contributed by atoms with E-state index in [1.807, 2.05) is 18.2 Å². The fourth-order valence-corrected chi connectivity index (χ4v) is 2.77. The Bertz CT molecular complexity index is 628. The Morgan fingerprint density at radius 2 is 1.67 bits per heavy atom. The normalized spacial score (nSPS) is 10.2. The third-order valence-corrected chi connectivity index (χ3v) is 4.32. The molecule has 1 aromatic carbocycles. The van der Waals surface area contributed by atoms with Gasteiger partial charge >= 0.3 is 0 Å². The minimum Gasteiger partial charge on any atom is -0.356 e. The Kier molecular flexibility index (Phi) is 14.2. The summed E-state index contributed by atoms with van der Waals surface area (Å²) in [5.74, 6) is 8.92. The maximum atomic E-state index is 11.8. The van der Waals surface area contributed by atoms with Crippen LogP contribution in [0.3, 0.4) is 0 Å². The number of hydrogen-bond acceptors (Lipinski definition) is 1. The van der Waals surface area contributed by atoms with Crippen LogP contribution in [-0.4, -0.2) is 12.5 Å². The Hall–Kier alpha value is -2.45. The Morgan fingerprint density at radius 3 is 2.44 bits per heavy atom. The van der Waals surface area contributed by atoms with Crippen LogP contribution in [0.5, 0.6) is 0 Å². The van der Waals surface area contributed by atoms with Crippen molar-refractivity contribution in [2.24, 2.45) is 0 Å². The van der Waals surface area contributed by atoms with Crippen molar-refractivity contribution in [3.8, 4) is 24.2 Å². The highest BCUT2D eigenvalue weighted by Gasteiger charge is 1.99. The highest BCUT2D eigenvalue weighted by Crippen LogP contribution is 2.08. The Morgan fingerprint density at radius 1 is 0.963 bits per heavy atom. The maximum Gasteiger partial charge on any atom is 0.220 e. The van der Waals surface area contributed by atoms with Gasteiger partial charge in [-0.15, -0.1) is 18.3 Å². The van der Waals surface area contributed by atoms with E-state index in [2.05, 4.69) is 41.3 Å². The molecule has 144 valence electrons. The second-order valence-corrected chi connectivity index (χ2v) is 6.67. The first-order valence-electron chi connectivity index (χ1n) is 10.2. The molecule has 0 aliphatic carbocycles. The first-order chi connectivity index (χ1) is 13.3. The average molecular weight is 364 g/mol. The third kappa shape index (κ3) is 14.4. The lowest BCUT2D eigenvalue weighted by atomic mass is 10.1. The van der Waals surface area contributed by atoms with E-state index in [9.17, 15) is 4.79 Å². The minimum atomic E-state index is 0.0947. The molecule has 1 N–H and O–H groups in total. The molecule has 1 amide bonds. The zero-order chi connectivity index (χ0) is 19.4. The second kappa shape index (κ2) is 17.0. The minimum absolute atomic E-state index is 0.0947. The van der Waals surface area contributed by atoms with Crippen molar-refractivity contribution < 1.29 is 4.79 Å². The highest BCUT2D eigenvalue weighted by molar-refractivity contribution is 5.76. The Labute approximate surface area is 165 Å². The molecule has 0 aromatic heterocycles. The highest BCUT2D eigenvalue weighted by atomic mass is 16.1. The molecule has 0 atom stereocenters. The van der Waals surface area contributed by atoms with Gasteiger partial charge in [0.05, 0.1) is 0 Å². The molecule has 0 radical (unpaired) electrons. The van der Waals surface area contributed by atoms with Crippen LogP contribution in [0, 0.1) is 24.2 Å². The monoisotopic (exact) mass is 363 g/mol. The lowest BCUT2D eigenvalue weighted by Crippen LogP contribution is -2.25. The number of carbonyl (C=O) groups excluding carboxylic acids is 1. The molecule has 0 bridgehead atoms. The van der Waals surface area contributed by atoms with E-state index in [0.717, 1.165) is 25.7 Å². The number of rotatable bonds is 13. The van der Waals surface area contributed by atoms with Crippen LogP contribution in [0.15, 0.2) is 42.5 Å². The largest absolute Gasteiger partial charge is 0.356 e. The van der Waals surface area contributed by atoms with Crippen molar-refractivity contribution in [3.05, 3.63) is 48.0 Å². The number of terminal acetylenes is 1. The van der Waals surface area contributed by atoms with E-state index in [1.54, 1.807) is 6.08 Å². The summed E-state index contributed by atoms with van der Waals surface area (Å²) >= 11 is 0. The molecule has 2 heteroatoms. The molecule has 1 rings (SSSR count). The van der Waals surface area contributed by atoms with Gasteiger partial charge in [0.15, 0.2) is 0 Å². The number of benzene rings is 1. The first kappa shape index (κ1) is 22.6. The van der Waals surface area contributed by atoms with Crippen molar-refractivity contribution in [1.82, 2.24) is 5.32 Å². The summed E-state index contributed by atoms with van der Waals surface area (Å²) in [4.78, 5) is 11.8. The Balaban J connectivity index is 1.88. The van der Waals surface area contributed by atoms with Gasteiger partial charge in [0.2, 0.25) is 5.91 Å². The zero-order valence-corrected chi connectivity index (χ0v) is 16.5. The summed E-state index contributed by atoms with van der Waals surface area (Å²) in [5.41, 5.74) is 1.25. The van der Waals surface area contributed by atoms with Gasteiger partial charge in [-0.2, -0.15) is 0 Å². The van der Waals surface area contributed by atoms with Gasteiger partial charge in [-0.25, -0.2) is 0 Å². The molecule has 0 saturated heterocycles. The van der Waals surface area contributed by atoms with Crippen molar-refractivity contribution in [1.29, 1.82) is 0 Å². The summed E-state index contributed by atoms with van der Waals surface area (Å²) < 4.78 is 0. The lowest BCUT2D eigenvalue weighted by molar-refractivity contribution is -0.120. The third-order valence-electron chi connectivity index (χ3n) is 4.32. The number of amides is 1. The van der Waals surface area contributed by atoms with Crippen LogP contribution in [0.4, 0.5) is 0 Å². The predicted octanol–water partition coefficient (Wildman–Crippen LogP) is 5.44. The molecular weight excluding hydrogens is 330 g/mol.